The minimum absolute atomic E-state index is 0.281. The number of aryl methyl sites for hydroxylation is 1. The Kier molecular flexibility index (Phi) is 6.73. The van der Waals surface area contributed by atoms with Gasteiger partial charge >= 0.3 is 6.09 Å². The van der Waals surface area contributed by atoms with Gasteiger partial charge < -0.3 is 10.1 Å². The summed E-state index contributed by atoms with van der Waals surface area (Å²) in [7, 11) is 1.32. The summed E-state index contributed by atoms with van der Waals surface area (Å²) in [5.41, 5.74) is 3.32. The molecule has 0 aliphatic carbocycles. The molecule has 0 aliphatic rings. The highest BCUT2D eigenvalue weighted by Gasteiger charge is 2.07. The molecule has 132 valence electrons. The average Bonchev–Trinajstić information content (AvgIpc) is 3.04. The molecule has 7 heteroatoms. The summed E-state index contributed by atoms with van der Waals surface area (Å²) in [5, 5.41) is 11.8. The number of rotatable bonds is 5. The van der Waals surface area contributed by atoms with Crippen molar-refractivity contribution < 1.29 is 9.53 Å². The fraction of sp³-hybridized carbons (Fsp3) is 0.278. The van der Waals surface area contributed by atoms with E-state index in [0.717, 1.165) is 27.4 Å². The SMILES string of the molecule is COC(=O)NCc1cc(/C(C)=N/N=C(\C)c2ccc(C)s2)ccc1Cl. The van der Waals surface area contributed by atoms with Gasteiger partial charge in [-0.2, -0.15) is 10.2 Å². The van der Waals surface area contributed by atoms with Crippen molar-refractivity contribution in [3.63, 3.8) is 0 Å². The number of halogens is 1. The molecule has 0 saturated carbocycles. The molecule has 2 aromatic rings. The van der Waals surface area contributed by atoms with Crippen LogP contribution in [0.2, 0.25) is 5.02 Å². The van der Waals surface area contributed by atoms with Gasteiger partial charge in [-0.05, 0) is 56.2 Å². The molecular formula is C18H20ClN3O2S. The summed E-state index contributed by atoms with van der Waals surface area (Å²) in [6.45, 7) is 6.17. The van der Waals surface area contributed by atoms with E-state index < -0.39 is 6.09 Å². The molecule has 1 heterocycles. The fourth-order valence-electron chi connectivity index (χ4n) is 2.06. The third kappa shape index (κ3) is 5.41. The predicted octanol–water partition coefficient (Wildman–Crippen LogP) is 4.80. The summed E-state index contributed by atoms with van der Waals surface area (Å²) >= 11 is 7.87. The number of benzene rings is 1. The Morgan fingerprint density at radius 2 is 1.92 bits per heavy atom. The maximum Gasteiger partial charge on any atom is 0.407 e. The van der Waals surface area contributed by atoms with Crippen LogP contribution in [0.25, 0.3) is 0 Å². The molecule has 5 nitrogen and oxygen atoms in total. The Labute approximate surface area is 156 Å². The highest BCUT2D eigenvalue weighted by atomic mass is 35.5. The molecule has 25 heavy (non-hydrogen) atoms. The van der Waals surface area contributed by atoms with Gasteiger partial charge in [-0.15, -0.1) is 11.3 Å². The number of ether oxygens (including phenoxy) is 1. The first-order valence-corrected chi connectivity index (χ1v) is 8.86. The van der Waals surface area contributed by atoms with E-state index in [1.165, 1.54) is 12.0 Å². The minimum Gasteiger partial charge on any atom is -0.453 e. The molecule has 1 N–H and O–H groups in total. The van der Waals surface area contributed by atoms with Crippen LogP contribution in [-0.4, -0.2) is 24.6 Å². The Morgan fingerprint density at radius 3 is 2.56 bits per heavy atom. The largest absolute Gasteiger partial charge is 0.453 e. The molecule has 0 atom stereocenters. The number of carbonyl (C=O) groups excluding carboxylic acids is 1. The first kappa shape index (κ1) is 19.1. The van der Waals surface area contributed by atoms with Gasteiger partial charge in [0.2, 0.25) is 0 Å². The molecule has 0 saturated heterocycles. The summed E-state index contributed by atoms with van der Waals surface area (Å²) < 4.78 is 4.56. The number of alkyl carbamates (subject to hydrolysis) is 1. The number of carbonyl (C=O) groups is 1. The second-order valence-corrected chi connectivity index (χ2v) is 7.13. The van der Waals surface area contributed by atoms with Crippen molar-refractivity contribution in [1.29, 1.82) is 0 Å². The normalized spacial score (nSPS) is 12.2. The van der Waals surface area contributed by atoms with Gasteiger partial charge in [-0.25, -0.2) is 4.79 Å². The van der Waals surface area contributed by atoms with Crippen molar-refractivity contribution in [2.24, 2.45) is 10.2 Å². The molecule has 0 fully saturated rings. The zero-order chi connectivity index (χ0) is 18.4. The van der Waals surface area contributed by atoms with Crippen LogP contribution < -0.4 is 5.32 Å². The molecule has 1 aromatic heterocycles. The Morgan fingerprint density at radius 1 is 1.20 bits per heavy atom. The highest BCUT2D eigenvalue weighted by Crippen LogP contribution is 2.19. The van der Waals surface area contributed by atoms with Crippen LogP contribution in [0.4, 0.5) is 4.79 Å². The van der Waals surface area contributed by atoms with Gasteiger partial charge in [-0.1, -0.05) is 17.7 Å². The van der Waals surface area contributed by atoms with E-state index in [1.54, 1.807) is 17.4 Å². The highest BCUT2D eigenvalue weighted by molar-refractivity contribution is 7.14. The number of nitrogens with one attached hydrogen (secondary N) is 1. The molecule has 0 unspecified atom stereocenters. The van der Waals surface area contributed by atoms with Crippen LogP contribution in [-0.2, 0) is 11.3 Å². The number of methoxy groups -OCH3 is 1. The van der Waals surface area contributed by atoms with Crippen LogP contribution in [0.15, 0.2) is 40.5 Å². The Balaban J connectivity index is 2.18. The monoisotopic (exact) mass is 377 g/mol. The second kappa shape index (κ2) is 8.78. The lowest BCUT2D eigenvalue weighted by Gasteiger charge is -2.08. The van der Waals surface area contributed by atoms with Crippen LogP contribution in [0.1, 0.15) is 34.7 Å². The Hall–Kier alpha value is -2.18. The molecule has 0 bridgehead atoms. The minimum atomic E-state index is -0.502. The zero-order valence-electron chi connectivity index (χ0n) is 14.6. The molecule has 1 amide bonds. The summed E-state index contributed by atoms with van der Waals surface area (Å²) in [6, 6.07) is 9.65. The summed E-state index contributed by atoms with van der Waals surface area (Å²) in [4.78, 5) is 13.6. The number of amides is 1. The lowest BCUT2D eigenvalue weighted by atomic mass is 10.1. The number of hydrogen-bond donors (Lipinski definition) is 1. The fourth-order valence-corrected chi connectivity index (χ4v) is 3.05. The maximum absolute atomic E-state index is 11.2. The summed E-state index contributed by atoms with van der Waals surface area (Å²) in [5.74, 6) is 0. The number of nitrogens with zero attached hydrogens (tertiary/aromatic N) is 2. The van der Waals surface area contributed by atoms with E-state index in [2.05, 4.69) is 33.2 Å². The van der Waals surface area contributed by atoms with Crippen molar-refractivity contribution in [3.8, 4) is 0 Å². The van der Waals surface area contributed by atoms with Crippen LogP contribution in [0.5, 0.6) is 0 Å². The third-order valence-electron chi connectivity index (χ3n) is 3.52. The molecule has 2 rings (SSSR count). The van der Waals surface area contributed by atoms with Crippen LogP contribution in [0.3, 0.4) is 0 Å². The summed E-state index contributed by atoms with van der Waals surface area (Å²) in [6.07, 6.45) is -0.502. The topological polar surface area (TPSA) is 63.0 Å². The molecule has 1 aromatic carbocycles. The van der Waals surface area contributed by atoms with Gasteiger partial charge in [0, 0.05) is 16.4 Å². The maximum atomic E-state index is 11.2. The molecular weight excluding hydrogens is 358 g/mol. The molecule has 0 spiro atoms. The van der Waals surface area contributed by atoms with Crippen LogP contribution >= 0.6 is 22.9 Å². The number of hydrogen-bond acceptors (Lipinski definition) is 5. The van der Waals surface area contributed by atoms with E-state index in [-0.39, 0.29) is 6.54 Å². The number of thiophene rings is 1. The third-order valence-corrected chi connectivity index (χ3v) is 5.00. The quantitative estimate of drug-likeness (QED) is 0.600. The average molecular weight is 378 g/mol. The van der Waals surface area contributed by atoms with Crippen LogP contribution in [0, 0.1) is 6.92 Å². The predicted molar refractivity (Wildman–Crippen MR) is 104 cm³/mol. The Bertz CT molecular complexity index is 827. The van der Waals surface area contributed by atoms with E-state index >= 15 is 0 Å². The first-order valence-electron chi connectivity index (χ1n) is 7.67. The lowest BCUT2D eigenvalue weighted by Crippen LogP contribution is -2.22. The van der Waals surface area contributed by atoms with E-state index in [4.69, 9.17) is 11.6 Å². The van der Waals surface area contributed by atoms with E-state index in [0.29, 0.717) is 5.02 Å². The second-order valence-electron chi connectivity index (χ2n) is 5.43. The van der Waals surface area contributed by atoms with E-state index in [1.807, 2.05) is 32.0 Å². The van der Waals surface area contributed by atoms with Gasteiger partial charge in [0.15, 0.2) is 0 Å². The van der Waals surface area contributed by atoms with Crippen molar-refractivity contribution in [3.05, 3.63) is 56.2 Å². The lowest BCUT2D eigenvalue weighted by molar-refractivity contribution is 0.170. The van der Waals surface area contributed by atoms with Gasteiger partial charge in [0.1, 0.15) is 0 Å². The van der Waals surface area contributed by atoms with Crippen molar-refractivity contribution in [1.82, 2.24) is 5.32 Å². The van der Waals surface area contributed by atoms with E-state index in [9.17, 15) is 4.79 Å². The van der Waals surface area contributed by atoms with Crippen molar-refractivity contribution in [2.45, 2.75) is 27.3 Å². The molecule has 0 aliphatic heterocycles. The van der Waals surface area contributed by atoms with Gasteiger partial charge in [-0.3, -0.25) is 0 Å². The smallest absolute Gasteiger partial charge is 0.407 e. The first-order chi connectivity index (χ1) is 11.9. The zero-order valence-corrected chi connectivity index (χ0v) is 16.2. The standard InChI is InChI=1S/C18H20ClN3O2S/c1-11-5-8-17(25-11)13(3)22-21-12(2)14-6-7-16(19)15(9-14)10-20-18(23)24-4/h5-9H,10H2,1-4H3,(H,20,23)/b21-12+,22-13+. The van der Waals surface area contributed by atoms with Crippen molar-refractivity contribution in [2.75, 3.05) is 7.11 Å². The van der Waals surface area contributed by atoms with Gasteiger partial charge in [0.25, 0.3) is 0 Å². The van der Waals surface area contributed by atoms with Gasteiger partial charge in [0.05, 0.1) is 23.4 Å². The molecule has 0 radical (unpaired) electrons. The van der Waals surface area contributed by atoms with Crippen molar-refractivity contribution >= 4 is 40.5 Å².